The van der Waals surface area contributed by atoms with Crippen molar-refractivity contribution in [3.63, 3.8) is 0 Å². The minimum atomic E-state index is -3.56. The third-order valence-electron chi connectivity index (χ3n) is 5.37. The number of rotatable bonds is 6. The number of hydrogen-bond acceptors (Lipinski definition) is 3. The summed E-state index contributed by atoms with van der Waals surface area (Å²) in [7, 11) is -3.56. The molecule has 31 heavy (non-hydrogen) atoms. The molecule has 9 heteroatoms. The van der Waals surface area contributed by atoms with E-state index in [4.69, 9.17) is 23.2 Å². The van der Waals surface area contributed by atoms with Crippen LogP contribution in [0, 0.1) is 10.1 Å². The predicted octanol–water partition coefficient (Wildman–Crippen LogP) is 6.53. The molecule has 0 N–H and O–H groups in total. The fourth-order valence-corrected chi connectivity index (χ4v) is 8.19. The van der Waals surface area contributed by atoms with E-state index in [1.807, 2.05) is 60.7 Å². The number of anilines is 2. The van der Waals surface area contributed by atoms with Gasteiger partial charge in [-0.15, -0.1) is 0 Å². The Morgan fingerprint density at radius 3 is 1.87 bits per heavy atom. The van der Waals surface area contributed by atoms with E-state index < -0.39 is 24.6 Å². The zero-order valence-electron chi connectivity index (χ0n) is 16.5. The van der Waals surface area contributed by atoms with Crippen LogP contribution in [0.15, 0.2) is 78.9 Å². The van der Waals surface area contributed by atoms with Crippen molar-refractivity contribution in [2.24, 2.45) is 0 Å². The van der Waals surface area contributed by atoms with Crippen LogP contribution in [0.3, 0.4) is 0 Å². The zero-order chi connectivity index (χ0) is 22.0. The summed E-state index contributed by atoms with van der Waals surface area (Å²) >= 11 is 12.5. The first-order valence-corrected chi connectivity index (χ1v) is 12.2. The van der Waals surface area contributed by atoms with Crippen LogP contribution in [-0.2, 0) is 4.57 Å². The number of para-hydroxylation sites is 2. The highest BCUT2D eigenvalue weighted by molar-refractivity contribution is 7.68. The van der Waals surface area contributed by atoms with Gasteiger partial charge in [-0.05, 0) is 42.0 Å². The molecule has 0 spiro atoms. The second kappa shape index (κ2) is 8.91. The minimum Gasteiger partial charge on any atom is -0.304 e. The molecular formula is C22H20Cl2N3O3P. The first-order chi connectivity index (χ1) is 14.9. The average molecular weight is 476 g/mol. The molecule has 0 saturated carbocycles. The van der Waals surface area contributed by atoms with Crippen LogP contribution >= 0.6 is 30.6 Å². The Balaban J connectivity index is 1.92. The molecule has 0 aliphatic carbocycles. The van der Waals surface area contributed by atoms with Crippen LogP contribution in [0.25, 0.3) is 0 Å². The van der Waals surface area contributed by atoms with E-state index in [0.717, 1.165) is 11.4 Å². The van der Waals surface area contributed by atoms with E-state index in [9.17, 15) is 10.1 Å². The molecular weight excluding hydrogens is 456 g/mol. The Bertz CT molecular complexity index is 1080. The summed E-state index contributed by atoms with van der Waals surface area (Å²) in [6.07, 6.45) is 0. The smallest absolute Gasteiger partial charge is 0.277 e. The van der Waals surface area contributed by atoms with Crippen molar-refractivity contribution >= 4 is 42.0 Å². The number of hydrogen-bond donors (Lipinski definition) is 0. The normalized spacial score (nSPS) is 16.3. The highest BCUT2D eigenvalue weighted by Gasteiger charge is 2.52. The summed E-state index contributed by atoms with van der Waals surface area (Å²) in [6, 6.07) is 23.5. The largest absolute Gasteiger partial charge is 0.304 e. The quantitative estimate of drug-likeness (QED) is 0.230. The van der Waals surface area contributed by atoms with Gasteiger partial charge in [0.2, 0.25) is 6.54 Å². The van der Waals surface area contributed by atoms with E-state index >= 15 is 4.57 Å². The maximum absolute atomic E-state index is 15.0. The van der Waals surface area contributed by atoms with Gasteiger partial charge in [0.25, 0.3) is 7.44 Å². The maximum atomic E-state index is 15.0. The van der Waals surface area contributed by atoms with Crippen LogP contribution in [0.4, 0.5) is 11.4 Å². The molecule has 0 radical (unpaired) electrons. The molecule has 160 valence electrons. The minimum absolute atomic E-state index is 0.266. The highest BCUT2D eigenvalue weighted by atomic mass is 35.5. The molecule has 1 heterocycles. The lowest BCUT2D eigenvalue weighted by Gasteiger charge is -2.37. The van der Waals surface area contributed by atoms with E-state index in [1.165, 1.54) is 6.07 Å². The van der Waals surface area contributed by atoms with Crippen molar-refractivity contribution in [2.75, 3.05) is 29.0 Å². The molecule has 1 aliphatic rings. The topological polar surface area (TPSA) is 66.7 Å². The van der Waals surface area contributed by atoms with Crippen LogP contribution in [-0.4, -0.2) is 24.6 Å². The Labute approximate surface area is 190 Å². The van der Waals surface area contributed by atoms with Crippen LogP contribution in [0.1, 0.15) is 11.2 Å². The van der Waals surface area contributed by atoms with Gasteiger partial charge in [0.15, 0.2) is 0 Å². The second-order valence-electron chi connectivity index (χ2n) is 7.20. The van der Waals surface area contributed by atoms with E-state index in [2.05, 4.69) is 0 Å². The highest BCUT2D eigenvalue weighted by Crippen LogP contribution is 2.69. The van der Waals surface area contributed by atoms with E-state index in [-0.39, 0.29) is 5.02 Å². The monoisotopic (exact) mass is 475 g/mol. The lowest BCUT2D eigenvalue weighted by molar-refractivity contribution is -0.480. The van der Waals surface area contributed by atoms with Crippen molar-refractivity contribution in [3.8, 4) is 0 Å². The number of nitro groups is 1. The second-order valence-corrected chi connectivity index (χ2v) is 10.8. The molecule has 1 saturated heterocycles. The Kier molecular flexibility index (Phi) is 6.24. The van der Waals surface area contributed by atoms with Crippen molar-refractivity contribution in [1.29, 1.82) is 0 Å². The Morgan fingerprint density at radius 1 is 0.903 bits per heavy atom. The van der Waals surface area contributed by atoms with Gasteiger partial charge < -0.3 is 9.34 Å². The predicted molar refractivity (Wildman–Crippen MR) is 126 cm³/mol. The molecule has 1 unspecified atom stereocenters. The fraction of sp³-hybridized carbons (Fsp3) is 0.182. The van der Waals surface area contributed by atoms with E-state index in [0.29, 0.717) is 23.7 Å². The summed E-state index contributed by atoms with van der Waals surface area (Å²) in [5.41, 5.74) is 1.01. The SMILES string of the molecule is O=[N+]([O-])CC(c1ccc(Cl)cc1Cl)P1(=O)N(c2ccccc2)CCN1c1ccccc1. The lowest BCUT2D eigenvalue weighted by atomic mass is 10.1. The van der Waals surface area contributed by atoms with Gasteiger partial charge in [0.05, 0.1) is 0 Å². The van der Waals surface area contributed by atoms with Crippen LogP contribution < -0.4 is 9.34 Å². The third-order valence-corrected chi connectivity index (χ3v) is 9.43. The Morgan fingerprint density at radius 2 is 1.42 bits per heavy atom. The summed E-state index contributed by atoms with van der Waals surface area (Å²) in [4.78, 5) is 11.3. The first-order valence-electron chi connectivity index (χ1n) is 9.74. The Hall–Kier alpha value is -2.53. The van der Waals surface area contributed by atoms with Gasteiger partial charge in [0, 0.05) is 39.4 Å². The summed E-state index contributed by atoms with van der Waals surface area (Å²) < 4.78 is 18.6. The van der Waals surface area contributed by atoms with Gasteiger partial charge >= 0.3 is 0 Å². The molecule has 3 aromatic rings. The zero-order valence-corrected chi connectivity index (χ0v) is 18.9. The summed E-state index contributed by atoms with van der Waals surface area (Å²) in [5.74, 6) is 0. The van der Waals surface area contributed by atoms with Crippen molar-refractivity contribution in [1.82, 2.24) is 0 Å². The summed E-state index contributed by atoms with van der Waals surface area (Å²) in [5, 5.41) is 12.4. The van der Waals surface area contributed by atoms with Crippen molar-refractivity contribution in [2.45, 2.75) is 5.66 Å². The molecule has 1 aliphatic heterocycles. The molecule has 0 aromatic heterocycles. The number of nitrogens with zero attached hydrogens (tertiary/aromatic N) is 3. The van der Waals surface area contributed by atoms with Gasteiger partial charge in [-0.1, -0.05) is 65.7 Å². The standard InChI is InChI=1S/C22H20Cl2N3O3P/c23-17-11-12-20(21(24)15-17)22(16-27(28)29)31(30)25(18-7-3-1-4-8-18)13-14-26(31)19-9-5-2-6-10-19/h1-12,15,22H,13-14,16H2. The molecule has 6 nitrogen and oxygen atoms in total. The van der Waals surface area contributed by atoms with E-state index in [1.54, 1.807) is 21.5 Å². The van der Waals surface area contributed by atoms with Crippen molar-refractivity contribution < 1.29 is 9.49 Å². The van der Waals surface area contributed by atoms with Gasteiger partial charge in [0.1, 0.15) is 5.66 Å². The third kappa shape index (κ3) is 4.16. The van der Waals surface area contributed by atoms with Crippen LogP contribution in [0.5, 0.6) is 0 Å². The molecule has 4 rings (SSSR count). The number of halogens is 2. The maximum Gasteiger partial charge on any atom is 0.277 e. The van der Waals surface area contributed by atoms with Gasteiger partial charge in [-0.3, -0.25) is 14.7 Å². The fourth-order valence-electron chi connectivity index (χ4n) is 4.03. The van der Waals surface area contributed by atoms with Crippen molar-refractivity contribution in [3.05, 3.63) is 105 Å². The first kappa shape index (κ1) is 21.7. The van der Waals surface area contributed by atoms with Gasteiger partial charge in [-0.2, -0.15) is 0 Å². The molecule has 1 fully saturated rings. The molecule has 0 amide bonds. The average Bonchev–Trinajstić information content (AvgIpc) is 3.11. The molecule has 0 bridgehead atoms. The van der Waals surface area contributed by atoms with Gasteiger partial charge in [-0.25, -0.2) is 0 Å². The summed E-state index contributed by atoms with van der Waals surface area (Å²) in [6.45, 7) is 0.413. The molecule has 3 aromatic carbocycles. The van der Waals surface area contributed by atoms with Crippen LogP contribution in [0.2, 0.25) is 10.0 Å². The molecule has 1 atom stereocenters. The lowest BCUT2D eigenvalue weighted by Crippen LogP contribution is -2.27. The number of benzene rings is 3.